The zero-order chi connectivity index (χ0) is 52.8. The molecule has 15 nitrogen and oxygen atoms in total. The van der Waals surface area contributed by atoms with Crippen LogP contribution in [0.3, 0.4) is 0 Å². The maximum absolute atomic E-state index is 13.1. The summed E-state index contributed by atoms with van der Waals surface area (Å²) in [6.07, 6.45) is 2.74. The highest BCUT2D eigenvalue weighted by Gasteiger charge is 2.39. The second-order valence-electron chi connectivity index (χ2n) is 17.4. The third-order valence-electron chi connectivity index (χ3n) is 12.4. The maximum atomic E-state index is 13.1. The molecule has 17 heteroatoms. The number of nitrogens with zero attached hydrogens (tertiary/aromatic N) is 3. The summed E-state index contributed by atoms with van der Waals surface area (Å²) in [5.41, 5.74) is 7.48. The average Bonchev–Trinajstić information content (AvgIpc) is 4.29. The Labute approximate surface area is 441 Å². The highest BCUT2D eigenvalue weighted by atomic mass is 35.5. The zero-order valence-electron chi connectivity index (χ0n) is 40.7. The van der Waals surface area contributed by atoms with Crippen molar-refractivity contribution in [2.45, 2.75) is 64.2 Å². The number of amides is 2. The highest BCUT2D eigenvalue weighted by molar-refractivity contribution is 6.30. The van der Waals surface area contributed by atoms with Crippen LogP contribution >= 0.6 is 23.2 Å². The molecule has 3 atom stereocenters. The lowest BCUT2D eigenvalue weighted by Crippen LogP contribution is -2.40. The van der Waals surface area contributed by atoms with Crippen LogP contribution in [-0.4, -0.2) is 61.2 Å². The van der Waals surface area contributed by atoms with Gasteiger partial charge in [0.15, 0.2) is 0 Å². The van der Waals surface area contributed by atoms with E-state index in [4.69, 9.17) is 55.7 Å². The van der Waals surface area contributed by atoms with Crippen molar-refractivity contribution in [1.29, 1.82) is 0 Å². The number of phenolic OH excluding ortho intramolecular Hbond substituents is 1. The number of cyclic esters (lactones) is 1. The van der Waals surface area contributed by atoms with Crippen LogP contribution in [0.4, 0.5) is 4.79 Å². The summed E-state index contributed by atoms with van der Waals surface area (Å²) < 4.78 is 32.3. The number of halogens is 2. The number of furan rings is 2. The molecule has 1 aliphatic heterocycles. The van der Waals surface area contributed by atoms with E-state index in [0.717, 1.165) is 62.0 Å². The number of ether oxygens (including phenoxy) is 2. The minimum absolute atomic E-state index is 0.00290. The summed E-state index contributed by atoms with van der Waals surface area (Å²) >= 11 is 11.7. The van der Waals surface area contributed by atoms with E-state index >= 15 is 0 Å². The summed E-state index contributed by atoms with van der Waals surface area (Å²) in [6, 6.07) is 45.3. The van der Waals surface area contributed by atoms with Gasteiger partial charge >= 0.3 is 12.1 Å². The molecule has 1 saturated heterocycles. The molecule has 4 aromatic heterocycles. The van der Waals surface area contributed by atoms with Crippen molar-refractivity contribution in [3.63, 3.8) is 0 Å². The van der Waals surface area contributed by atoms with E-state index < -0.39 is 18.0 Å². The number of carboxylic acids is 1. The number of aliphatic hydroxyl groups is 1. The second-order valence-corrected chi connectivity index (χ2v) is 18.3. The number of imide groups is 1. The Morgan fingerprint density at radius 1 is 0.693 bits per heavy atom. The van der Waals surface area contributed by atoms with Crippen molar-refractivity contribution < 1.29 is 57.1 Å². The summed E-state index contributed by atoms with van der Waals surface area (Å²) in [4.78, 5) is 37.9. The van der Waals surface area contributed by atoms with Crippen LogP contribution in [-0.2, 0) is 34.0 Å². The Hall–Kier alpha value is -8.37. The molecule has 384 valence electrons. The molecule has 0 spiro atoms. The predicted octanol–water partition coefficient (Wildman–Crippen LogP) is 13.0. The lowest BCUT2D eigenvalue weighted by atomic mass is 9.91. The van der Waals surface area contributed by atoms with Crippen LogP contribution in [0.15, 0.2) is 182 Å². The number of rotatable bonds is 16. The number of hydrogen-bond donors (Lipinski definition) is 3. The molecule has 0 saturated carbocycles. The Bertz CT molecular complexity index is 3250. The largest absolute Gasteiger partial charge is 0.508 e. The average molecular weight is 1050 g/mol. The van der Waals surface area contributed by atoms with Crippen LogP contribution in [0.5, 0.6) is 11.5 Å². The molecule has 3 N–H and O–H groups in total. The number of carbonyl (C=O) groups is 3. The molecule has 75 heavy (non-hydrogen) atoms. The molecule has 0 aliphatic carbocycles. The molecule has 5 heterocycles. The van der Waals surface area contributed by atoms with E-state index in [-0.39, 0.29) is 49.7 Å². The van der Waals surface area contributed by atoms with Gasteiger partial charge in [0.1, 0.15) is 60.3 Å². The minimum atomic E-state index is -0.903. The number of benzene rings is 5. The Kier molecular flexibility index (Phi) is 17.7. The molecule has 9 aromatic rings. The first-order valence-electron chi connectivity index (χ1n) is 23.7. The van der Waals surface area contributed by atoms with E-state index in [1.807, 2.05) is 129 Å². The van der Waals surface area contributed by atoms with E-state index in [2.05, 4.69) is 10.3 Å². The number of carboxylic acid groups (broad SMARTS) is 1. The summed E-state index contributed by atoms with van der Waals surface area (Å²) in [5.74, 6) is 1.82. The molecular weight excluding hydrogens is 1000 g/mol. The molecule has 10 rings (SSSR count). The zero-order valence-corrected chi connectivity index (χ0v) is 42.2. The smallest absolute Gasteiger partial charge is 0.416 e. The van der Waals surface area contributed by atoms with E-state index in [0.29, 0.717) is 40.2 Å². The first kappa shape index (κ1) is 52.9. The van der Waals surface area contributed by atoms with Gasteiger partial charge < -0.3 is 42.7 Å². The first-order chi connectivity index (χ1) is 36.3. The number of aromatic nitrogens is 2. The summed E-state index contributed by atoms with van der Waals surface area (Å²) in [6.45, 7) is 4.26. The Morgan fingerprint density at radius 2 is 1.21 bits per heavy atom. The van der Waals surface area contributed by atoms with Crippen molar-refractivity contribution in [3.05, 3.63) is 225 Å². The highest BCUT2D eigenvalue weighted by Crippen LogP contribution is 2.33. The van der Waals surface area contributed by atoms with Crippen molar-refractivity contribution in [2.75, 3.05) is 6.61 Å². The normalized spacial score (nSPS) is 13.7. The molecule has 1 aliphatic rings. The molecule has 0 bridgehead atoms. The van der Waals surface area contributed by atoms with Crippen LogP contribution in [0, 0.1) is 13.8 Å². The standard InChI is InChI=1S/C24H20ClNO5.C22H20N2O5.C12H11ClO2/c1-15-18(12-23(31-15)17-2-6-19(25)7-3-17)14-29-20-8-4-16(5-9-20)21(13-24(27)28)22-10-11-30-26-22;25-18-8-6-16(7-9-18)19(20-10-11-29-23-20)13-21(26)24-17(14-28-22(24)27)12-15-4-2-1-3-5-15;1-8-10(7-14)6-12(15-8)9-2-4-11(13)5-3-9/h2-12,21H,13-14H2,1H3,(H,27,28);1-11,17,19,25H,12-14H2;2-6,14H,7H2,1H3/t21-;17-,19-;/m00./s1. The van der Waals surface area contributed by atoms with Gasteiger partial charge in [-0.1, -0.05) is 88.1 Å². The topological polar surface area (TPSA) is 212 Å². The van der Waals surface area contributed by atoms with Gasteiger partial charge in [0.05, 0.1) is 30.5 Å². The second kappa shape index (κ2) is 25.0. The van der Waals surface area contributed by atoms with Crippen molar-refractivity contribution in [3.8, 4) is 34.1 Å². The van der Waals surface area contributed by atoms with Gasteiger partial charge in [-0.15, -0.1) is 0 Å². The van der Waals surface area contributed by atoms with E-state index in [9.17, 15) is 24.6 Å². The fourth-order valence-electron chi connectivity index (χ4n) is 8.36. The van der Waals surface area contributed by atoms with Crippen molar-refractivity contribution >= 4 is 41.2 Å². The number of aryl methyl sites for hydroxylation is 2. The lowest BCUT2D eigenvalue weighted by molar-refractivity contribution is -0.137. The van der Waals surface area contributed by atoms with Gasteiger partial charge in [-0.3, -0.25) is 9.59 Å². The van der Waals surface area contributed by atoms with Gasteiger partial charge in [0.2, 0.25) is 5.91 Å². The summed E-state index contributed by atoms with van der Waals surface area (Å²) in [7, 11) is 0. The maximum Gasteiger partial charge on any atom is 0.416 e. The number of aliphatic carboxylic acids is 1. The summed E-state index contributed by atoms with van der Waals surface area (Å²) in [5, 5.41) is 37.1. The van der Waals surface area contributed by atoms with Gasteiger partial charge in [-0.05, 0) is 122 Å². The minimum Gasteiger partial charge on any atom is -0.508 e. The quantitative estimate of drug-likeness (QED) is 0.0822. The van der Waals surface area contributed by atoms with E-state index in [1.54, 1.807) is 36.4 Å². The monoisotopic (exact) mass is 1050 g/mol. The molecule has 0 radical (unpaired) electrons. The third kappa shape index (κ3) is 14.0. The van der Waals surface area contributed by atoms with Crippen LogP contribution in [0.1, 0.15) is 75.4 Å². The van der Waals surface area contributed by atoms with Crippen LogP contribution < -0.4 is 4.74 Å². The predicted molar refractivity (Wildman–Crippen MR) is 278 cm³/mol. The van der Waals surface area contributed by atoms with Gasteiger partial charge in [-0.2, -0.15) is 0 Å². The van der Waals surface area contributed by atoms with Gasteiger partial charge in [0, 0.05) is 62.7 Å². The third-order valence-corrected chi connectivity index (χ3v) is 12.9. The molecule has 0 unspecified atom stereocenters. The fourth-order valence-corrected chi connectivity index (χ4v) is 8.61. The van der Waals surface area contributed by atoms with Crippen LogP contribution in [0.25, 0.3) is 22.6 Å². The fraction of sp³-hybridized carbons (Fsp3) is 0.190. The first-order valence-corrected chi connectivity index (χ1v) is 24.5. The SMILES string of the molecule is Cc1oc(-c2ccc(Cl)cc2)cc1CO.Cc1oc(-c2ccc(Cl)cc2)cc1COc1ccc([C@H](CC(=O)O)c2ccon2)cc1.O=C(C[C@@H](c1ccc(O)cc1)c1ccon1)N1C(=O)OC[C@@H]1Cc1ccccc1. The van der Waals surface area contributed by atoms with Crippen LogP contribution in [0.2, 0.25) is 10.0 Å². The number of aliphatic hydroxyl groups excluding tert-OH is 1. The molecule has 1 fully saturated rings. The van der Waals surface area contributed by atoms with Gasteiger partial charge in [0.25, 0.3) is 0 Å². The van der Waals surface area contributed by atoms with E-state index in [1.165, 1.54) is 17.4 Å². The van der Waals surface area contributed by atoms with Gasteiger partial charge in [-0.25, -0.2) is 9.69 Å². The molecular formula is C58H51Cl2N3O12. The van der Waals surface area contributed by atoms with Crippen molar-refractivity contribution in [2.24, 2.45) is 0 Å². The molecule has 5 aromatic carbocycles. The van der Waals surface area contributed by atoms with Crippen molar-refractivity contribution in [1.82, 2.24) is 15.2 Å². The number of phenols is 1. The number of hydrogen-bond acceptors (Lipinski definition) is 13. The number of carbonyl (C=O) groups excluding carboxylic acids is 2. The molecule has 2 amide bonds. The lowest BCUT2D eigenvalue weighted by Gasteiger charge is -2.22. The Balaban J connectivity index is 0.000000158. The Morgan fingerprint density at radius 3 is 1.72 bits per heavy atom. The number of aromatic hydroxyl groups is 1.